The first-order valence-corrected chi connectivity index (χ1v) is 10.1. The molecule has 1 fully saturated rings. The third-order valence-electron chi connectivity index (χ3n) is 4.09. The normalized spacial score (nSPS) is 15.2. The minimum atomic E-state index is -3.24. The molecule has 0 amide bonds. The summed E-state index contributed by atoms with van der Waals surface area (Å²) in [7, 11) is -3.24. The molecule has 0 radical (unpaired) electrons. The summed E-state index contributed by atoms with van der Waals surface area (Å²) in [6, 6.07) is 9.36. The number of anilines is 3. The molecule has 1 aromatic carbocycles. The molecule has 3 rings (SSSR count). The summed E-state index contributed by atoms with van der Waals surface area (Å²) >= 11 is 0. The van der Waals surface area contributed by atoms with Gasteiger partial charge in [0.2, 0.25) is 16.0 Å². The first-order valence-electron chi connectivity index (χ1n) is 8.45. The van der Waals surface area contributed by atoms with Crippen LogP contribution in [0.1, 0.15) is 13.3 Å². The third kappa shape index (κ3) is 4.60. The fraction of sp³-hybridized carbons (Fsp3) is 0.412. The van der Waals surface area contributed by atoms with Crippen molar-refractivity contribution in [1.29, 1.82) is 0 Å². The first-order chi connectivity index (χ1) is 12.1. The van der Waals surface area contributed by atoms with Crippen LogP contribution in [0.3, 0.4) is 0 Å². The van der Waals surface area contributed by atoms with Crippen LogP contribution in [-0.2, 0) is 10.0 Å². The molecule has 7 nitrogen and oxygen atoms in total. The average molecular weight is 361 g/mol. The number of nitrogens with one attached hydrogen (secondary N) is 1. The van der Waals surface area contributed by atoms with E-state index in [9.17, 15) is 8.42 Å². The second-order valence-electron chi connectivity index (χ2n) is 5.99. The monoisotopic (exact) mass is 361 g/mol. The van der Waals surface area contributed by atoms with Crippen LogP contribution in [0.15, 0.2) is 42.7 Å². The number of rotatable bonds is 6. The van der Waals surface area contributed by atoms with E-state index >= 15 is 0 Å². The molecule has 8 heteroatoms. The molecule has 134 valence electrons. The standard InChI is InChI=1S/C17H23N5O2S/c1-2-14-25(23,24)20-15-4-6-16(7-5-15)21-10-12-22(13-11-21)17-18-8-3-9-19-17/h3-9,20H,2,10-14H2,1H3. The second kappa shape index (κ2) is 7.69. The Bertz CT molecular complexity index is 772. The molecule has 0 unspecified atom stereocenters. The van der Waals surface area contributed by atoms with Crippen molar-refractivity contribution in [2.75, 3.05) is 46.5 Å². The predicted molar refractivity (Wildman–Crippen MR) is 101 cm³/mol. The lowest BCUT2D eigenvalue weighted by molar-refractivity contribution is 0.600. The van der Waals surface area contributed by atoms with Crippen molar-refractivity contribution in [3.05, 3.63) is 42.7 Å². The van der Waals surface area contributed by atoms with Crippen LogP contribution >= 0.6 is 0 Å². The highest BCUT2D eigenvalue weighted by molar-refractivity contribution is 7.92. The van der Waals surface area contributed by atoms with Crippen molar-refractivity contribution < 1.29 is 8.42 Å². The summed E-state index contributed by atoms with van der Waals surface area (Å²) in [5, 5.41) is 0. The van der Waals surface area contributed by atoms with Crippen LogP contribution in [0, 0.1) is 0 Å². The Morgan fingerprint density at radius 1 is 1.00 bits per heavy atom. The van der Waals surface area contributed by atoms with E-state index in [-0.39, 0.29) is 5.75 Å². The lowest BCUT2D eigenvalue weighted by Crippen LogP contribution is -2.47. The molecule has 1 aliphatic rings. The maximum atomic E-state index is 11.8. The highest BCUT2D eigenvalue weighted by Crippen LogP contribution is 2.21. The number of benzene rings is 1. The molecule has 1 aromatic heterocycles. The molecule has 0 bridgehead atoms. The second-order valence-corrected chi connectivity index (χ2v) is 7.83. The largest absolute Gasteiger partial charge is 0.368 e. The van der Waals surface area contributed by atoms with E-state index in [4.69, 9.17) is 0 Å². The van der Waals surface area contributed by atoms with Crippen molar-refractivity contribution in [3.8, 4) is 0 Å². The average Bonchev–Trinajstić information content (AvgIpc) is 2.63. The maximum absolute atomic E-state index is 11.8. The Morgan fingerprint density at radius 3 is 2.20 bits per heavy atom. The number of hydrogen-bond donors (Lipinski definition) is 1. The summed E-state index contributed by atoms with van der Waals surface area (Å²) in [5.74, 6) is 0.904. The van der Waals surface area contributed by atoms with Crippen LogP contribution in [0.2, 0.25) is 0 Å². The van der Waals surface area contributed by atoms with Gasteiger partial charge in [0, 0.05) is 49.9 Å². The molecule has 1 aliphatic heterocycles. The molecule has 0 spiro atoms. The summed E-state index contributed by atoms with van der Waals surface area (Å²) in [6.07, 6.45) is 4.11. The van der Waals surface area contributed by atoms with Crippen molar-refractivity contribution in [2.24, 2.45) is 0 Å². The number of aromatic nitrogens is 2. The van der Waals surface area contributed by atoms with Gasteiger partial charge in [-0.05, 0) is 36.8 Å². The van der Waals surface area contributed by atoms with Gasteiger partial charge >= 0.3 is 0 Å². The molecule has 1 saturated heterocycles. The minimum Gasteiger partial charge on any atom is -0.368 e. The van der Waals surface area contributed by atoms with Crippen LogP contribution in [-0.4, -0.2) is 50.3 Å². The smallest absolute Gasteiger partial charge is 0.232 e. The zero-order chi connectivity index (χ0) is 17.7. The van der Waals surface area contributed by atoms with Gasteiger partial charge < -0.3 is 9.80 Å². The number of nitrogens with zero attached hydrogens (tertiary/aromatic N) is 4. The van der Waals surface area contributed by atoms with Gasteiger partial charge in [-0.1, -0.05) is 6.92 Å². The lowest BCUT2D eigenvalue weighted by atomic mass is 10.2. The van der Waals surface area contributed by atoms with Crippen molar-refractivity contribution >= 4 is 27.3 Å². The molecular weight excluding hydrogens is 338 g/mol. The van der Waals surface area contributed by atoms with Gasteiger partial charge in [-0.3, -0.25) is 4.72 Å². The van der Waals surface area contributed by atoms with Crippen molar-refractivity contribution in [1.82, 2.24) is 9.97 Å². The van der Waals surface area contributed by atoms with Crippen molar-refractivity contribution in [3.63, 3.8) is 0 Å². The zero-order valence-corrected chi connectivity index (χ0v) is 15.1. The molecule has 0 atom stereocenters. The van der Waals surface area contributed by atoms with Crippen LogP contribution in [0.25, 0.3) is 0 Å². The minimum absolute atomic E-state index is 0.137. The first kappa shape index (κ1) is 17.5. The molecular formula is C17H23N5O2S. The van der Waals surface area contributed by atoms with Crippen LogP contribution in [0.4, 0.5) is 17.3 Å². The quantitative estimate of drug-likeness (QED) is 0.847. The SMILES string of the molecule is CCCS(=O)(=O)Nc1ccc(N2CCN(c3ncccn3)CC2)cc1. The lowest BCUT2D eigenvalue weighted by Gasteiger charge is -2.36. The van der Waals surface area contributed by atoms with E-state index in [2.05, 4.69) is 24.5 Å². The van der Waals surface area contributed by atoms with Gasteiger partial charge in [-0.15, -0.1) is 0 Å². The summed E-state index contributed by atoms with van der Waals surface area (Å²) in [4.78, 5) is 13.0. The van der Waals surface area contributed by atoms with Gasteiger partial charge in [0.15, 0.2) is 0 Å². The Kier molecular flexibility index (Phi) is 5.37. The molecule has 1 N–H and O–H groups in total. The number of hydrogen-bond acceptors (Lipinski definition) is 6. The highest BCUT2D eigenvalue weighted by Gasteiger charge is 2.19. The summed E-state index contributed by atoms with van der Waals surface area (Å²) in [6.45, 7) is 5.31. The van der Waals surface area contributed by atoms with Gasteiger partial charge in [0.25, 0.3) is 0 Å². The zero-order valence-electron chi connectivity index (χ0n) is 14.3. The maximum Gasteiger partial charge on any atom is 0.232 e. The Morgan fingerprint density at radius 2 is 1.60 bits per heavy atom. The predicted octanol–water partition coefficient (Wildman–Crippen LogP) is 1.95. The fourth-order valence-corrected chi connectivity index (χ4v) is 3.99. The highest BCUT2D eigenvalue weighted by atomic mass is 32.2. The fourth-order valence-electron chi connectivity index (χ4n) is 2.86. The van der Waals surface area contributed by atoms with E-state index in [0.29, 0.717) is 12.1 Å². The Balaban J connectivity index is 1.59. The van der Waals surface area contributed by atoms with E-state index < -0.39 is 10.0 Å². The van der Waals surface area contributed by atoms with Gasteiger partial charge in [0.05, 0.1) is 5.75 Å². The summed E-state index contributed by atoms with van der Waals surface area (Å²) < 4.78 is 26.2. The number of sulfonamides is 1. The van der Waals surface area contributed by atoms with Crippen molar-refractivity contribution in [2.45, 2.75) is 13.3 Å². The molecule has 0 aliphatic carbocycles. The van der Waals surface area contributed by atoms with E-state index in [0.717, 1.165) is 37.8 Å². The topological polar surface area (TPSA) is 78.4 Å². The third-order valence-corrected chi connectivity index (χ3v) is 5.59. The van der Waals surface area contributed by atoms with E-state index in [1.165, 1.54) is 0 Å². The molecule has 0 saturated carbocycles. The molecule has 2 heterocycles. The Labute approximate surface area is 148 Å². The van der Waals surface area contributed by atoms with E-state index in [1.807, 2.05) is 37.3 Å². The summed E-state index contributed by atoms with van der Waals surface area (Å²) in [5.41, 5.74) is 1.69. The van der Waals surface area contributed by atoms with Crippen LogP contribution in [0.5, 0.6) is 0 Å². The Hall–Kier alpha value is -2.35. The number of piperazine rings is 1. The van der Waals surface area contributed by atoms with Gasteiger partial charge in [-0.25, -0.2) is 18.4 Å². The van der Waals surface area contributed by atoms with Gasteiger partial charge in [0.1, 0.15) is 0 Å². The van der Waals surface area contributed by atoms with E-state index in [1.54, 1.807) is 12.4 Å². The van der Waals surface area contributed by atoms with Crippen LogP contribution < -0.4 is 14.5 Å². The van der Waals surface area contributed by atoms with Gasteiger partial charge in [-0.2, -0.15) is 0 Å². The molecule has 25 heavy (non-hydrogen) atoms. The molecule has 2 aromatic rings.